The van der Waals surface area contributed by atoms with Crippen molar-refractivity contribution in [2.24, 2.45) is 5.41 Å². The van der Waals surface area contributed by atoms with Crippen LogP contribution in [0, 0.1) is 5.41 Å². The molecule has 0 N–H and O–H groups in total. The quantitative estimate of drug-likeness (QED) is 0.663. The molecule has 2 aliphatic rings. The smallest absolute Gasteiger partial charge is 0.227 e. The molecule has 116 valence electrons. The van der Waals surface area contributed by atoms with Crippen LogP contribution in [-0.2, 0) is 14.6 Å². The number of rotatable bonds is 0. The second kappa shape index (κ2) is 5.30. The first kappa shape index (κ1) is 15.8. The molecule has 5 nitrogen and oxygen atoms in total. The molecular weight excluding hydrogens is 276 g/mol. The van der Waals surface area contributed by atoms with Gasteiger partial charge in [0.25, 0.3) is 0 Å². The summed E-state index contributed by atoms with van der Waals surface area (Å²) in [7, 11) is -1.01. The van der Waals surface area contributed by atoms with Gasteiger partial charge in [0.05, 0.1) is 11.0 Å². The van der Waals surface area contributed by atoms with Crippen molar-refractivity contribution >= 4 is 15.7 Å². The third-order valence-corrected chi connectivity index (χ3v) is 6.72. The molecule has 1 amide bonds. The standard InChI is InChI=1S/C14H26N2O3S/c1-14(2,3)13(17)16-7-5-11-12(6-8-16)20(18,19)10-9-15(11)4/h11-12H,5-10H2,1-4H3/t11-,12-/m0/s1. The Morgan fingerprint density at radius 3 is 2.30 bits per heavy atom. The van der Waals surface area contributed by atoms with Crippen LogP contribution in [0.1, 0.15) is 33.6 Å². The first-order valence-corrected chi connectivity index (χ1v) is 9.05. The fourth-order valence-electron chi connectivity index (χ4n) is 3.25. The molecule has 0 saturated carbocycles. The molecule has 0 bridgehead atoms. The van der Waals surface area contributed by atoms with Gasteiger partial charge in [-0.1, -0.05) is 20.8 Å². The van der Waals surface area contributed by atoms with Gasteiger partial charge in [0, 0.05) is 31.1 Å². The topological polar surface area (TPSA) is 57.7 Å². The molecule has 0 aromatic rings. The lowest BCUT2D eigenvalue weighted by Crippen LogP contribution is -2.52. The average molecular weight is 302 g/mol. The monoisotopic (exact) mass is 302 g/mol. The molecule has 0 aromatic heterocycles. The van der Waals surface area contributed by atoms with E-state index < -0.39 is 15.3 Å². The van der Waals surface area contributed by atoms with Crippen LogP contribution in [0.15, 0.2) is 0 Å². The SMILES string of the molecule is CN1CCS(=O)(=O)[C@H]2CCN(C(=O)C(C)(C)C)CC[C@@H]21. The Bertz CT molecular complexity index is 481. The maximum atomic E-state index is 12.4. The lowest BCUT2D eigenvalue weighted by molar-refractivity contribution is -0.139. The molecule has 20 heavy (non-hydrogen) atoms. The molecule has 0 radical (unpaired) electrons. The maximum absolute atomic E-state index is 12.4. The maximum Gasteiger partial charge on any atom is 0.227 e. The van der Waals surface area contributed by atoms with Crippen molar-refractivity contribution in [2.75, 3.05) is 32.4 Å². The van der Waals surface area contributed by atoms with E-state index in [1.54, 1.807) is 0 Å². The molecule has 2 rings (SSSR count). The Kier molecular flexibility index (Phi) is 4.17. The van der Waals surface area contributed by atoms with Crippen molar-refractivity contribution < 1.29 is 13.2 Å². The van der Waals surface area contributed by atoms with E-state index >= 15 is 0 Å². The molecule has 0 aliphatic carbocycles. The largest absolute Gasteiger partial charge is 0.342 e. The van der Waals surface area contributed by atoms with Gasteiger partial charge in [-0.3, -0.25) is 4.79 Å². The van der Waals surface area contributed by atoms with Crippen LogP contribution < -0.4 is 0 Å². The summed E-state index contributed by atoms with van der Waals surface area (Å²) in [6, 6.07) is 0.0616. The Hall–Kier alpha value is -0.620. The molecule has 0 unspecified atom stereocenters. The summed E-state index contributed by atoms with van der Waals surface area (Å²) in [5.41, 5.74) is -0.402. The summed E-state index contributed by atoms with van der Waals surface area (Å²) in [5.74, 6) is 0.369. The molecule has 2 aliphatic heterocycles. The number of carbonyl (C=O) groups excluding carboxylic acids is 1. The lowest BCUT2D eigenvalue weighted by atomic mass is 9.94. The summed E-state index contributed by atoms with van der Waals surface area (Å²) >= 11 is 0. The molecule has 2 atom stereocenters. The van der Waals surface area contributed by atoms with Crippen molar-refractivity contribution in [3.05, 3.63) is 0 Å². The Morgan fingerprint density at radius 1 is 1.10 bits per heavy atom. The van der Waals surface area contributed by atoms with Gasteiger partial charge in [0.15, 0.2) is 9.84 Å². The van der Waals surface area contributed by atoms with Crippen LogP contribution in [0.4, 0.5) is 0 Å². The molecular formula is C14H26N2O3S. The average Bonchev–Trinajstić information content (AvgIpc) is 2.56. The lowest BCUT2D eigenvalue weighted by Gasteiger charge is -2.37. The minimum absolute atomic E-state index is 0.0616. The van der Waals surface area contributed by atoms with E-state index in [9.17, 15) is 13.2 Å². The van der Waals surface area contributed by atoms with Gasteiger partial charge >= 0.3 is 0 Å². The van der Waals surface area contributed by atoms with Crippen molar-refractivity contribution in [1.29, 1.82) is 0 Å². The molecule has 6 heteroatoms. The van der Waals surface area contributed by atoms with E-state index in [0.717, 1.165) is 6.42 Å². The highest BCUT2D eigenvalue weighted by Crippen LogP contribution is 2.28. The number of nitrogens with zero attached hydrogens (tertiary/aromatic N) is 2. The molecule has 2 fully saturated rings. The minimum Gasteiger partial charge on any atom is -0.342 e. The zero-order chi connectivity index (χ0) is 15.1. The Morgan fingerprint density at radius 2 is 1.70 bits per heavy atom. The number of carbonyl (C=O) groups is 1. The van der Waals surface area contributed by atoms with Crippen molar-refractivity contribution in [1.82, 2.24) is 9.80 Å². The number of likely N-dealkylation sites (tertiary alicyclic amines) is 1. The van der Waals surface area contributed by atoms with Gasteiger partial charge in [-0.2, -0.15) is 0 Å². The van der Waals surface area contributed by atoms with Gasteiger partial charge in [-0.15, -0.1) is 0 Å². The summed E-state index contributed by atoms with van der Waals surface area (Å²) in [5, 5.41) is -0.306. The summed E-state index contributed by atoms with van der Waals surface area (Å²) in [6.45, 7) is 7.57. The van der Waals surface area contributed by atoms with E-state index in [0.29, 0.717) is 26.1 Å². The highest BCUT2D eigenvalue weighted by molar-refractivity contribution is 7.92. The zero-order valence-corrected chi connectivity index (χ0v) is 13.7. The van der Waals surface area contributed by atoms with Gasteiger partial charge in [-0.25, -0.2) is 8.42 Å². The predicted molar refractivity (Wildman–Crippen MR) is 79.3 cm³/mol. The number of amides is 1. The number of sulfone groups is 1. The first-order valence-electron chi connectivity index (χ1n) is 7.34. The van der Waals surface area contributed by atoms with E-state index in [1.807, 2.05) is 32.7 Å². The van der Waals surface area contributed by atoms with Gasteiger partial charge in [-0.05, 0) is 19.9 Å². The fraction of sp³-hybridized carbons (Fsp3) is 0.929. The Labute approximate surface area is 122 Å². The van der Waals surface area contributed by atoms with Crippen LogP contribution in [0.3, 0.4) is 0 Å². The minimum atomic E-state index is -3.00. The van der Waals surface area contributed by atoms with Crippen LogP contribution in [0.25, 0.3) is 0 Å². The van der Waals surface area contributed by atoms with Crippen molar-refractivity contribution in [3.8, 4) is 0 Å². The van der Waals surface area contributed by atoms with Crippen LogP contribution in [0.2, 0.25) is 0 Å². The summed E-state index contributed by atoms with van der Waals surface area (Å²) in [6.07, 6.45) is 1.32. The molecule has 0 spiro atoms. The normalized spacial score (nSPS) is 31.5. The second-order valence-electron chi connectivity index (χ2n) is 7.07. The van der Waals surface area contributed by atoms with Gasteiger partial charge in [0.2, 0.25) is 5.91 Å². The van der Waals surface area contributed by atoms with E-state index in [4.69, 9.17) is 0 Å². The molecule has 2 saturated heterocycles. The van der Waals surface area contributed by atoms with E-state index in [2.05, 4.69) is 4.90 Å². The van der Waals surface area contributed by atoms with Crippen LogP contribution >= 0.6 is 0 Å². The van der Waals surface area contributed by atoms with Gasteiger partial charge in [0.1, 0.15) is 0 Å². The summed E-state index contributed by atoms with van der Waals surface area (Å²) < 4.78 is 24.5. The highest BCUT2D eigenvalue weighted by atomic mass is 32.2. The summed E-state index contributed by atoms with van der Waals surface area (Å²) in [4.78, 5) is 16.4. The fourth-order valence-corrected chi connectivity index (χ4v) is 5.38. The van der Waals surface area contributed by atoms with Crippen molar-refractivity contribution in [2.45, 2.75) is 44.9 Å². The van der Waals surface area contributed by atoms with E-state index in [-0.39, 0.29) is 23.0 Å². The second-order valence-corrected chi connectivity index (χ2v) is 9.41. The number of hydrogen-bond acceptors (Lipinski definition) is 4. The number of fused-ring (bicyclic) bond motifs is 1. The third-order valence-electron chi connectivity index (χ3n) is 4.49. The van der Waals surface area contributed by atoms with E-state index in [1.165, 1.54) is 0 Å². The highest BCUT2D eigenvalue weighted by Gasteiger charge is 2.42. The predicted octanol–water partition coefficient (Wildman–Crippen LogP) is 0.752. The Balaban J connectivity index is 2.17. The van der Waals surface area contributed by atoms with Crippen molar-refractivity contribution in [3.63, 3.8) is 0 Å². The van der Waals surface area contributed by atoms with Crippen LogP contribution in [-0.4, -0.2) is 67.9 Å². The molecule has 2 heterocycles. The molecule has 0 aromatic carbocycles. The van der Waals surface area contributed by atoms with Crippen LogP contribution in [0.5, 0.6) is 0 Å². The van der Waals surface area contributed by atoms with Gasteiger partial charge < -0.3 is 9.80 Å². The first-order chi connectivity index (χ1) is 9.13. The number of hydrogen-bond donors (Lipinski definition) is 0. The zero-order valence-electron chi connectivity index (χ0n) is 12.9. The third kappa shape index (κ3) is 3.01.